The smallest absolute Gasteiger partial charge is 0.261 e. The molecule has 0 bridgehead atoms. The first-order valence-corrected chi connectivity index (χ1v) is 8.16. The van der Waals surface area contributed by atoms with Gasteiger partial charge in [-0.1, -0.05) is 18.2 Å². The number of carbonyl (C=O) groups is 1. The normalized spacial score (nSPS) is 16.3. The number of fused-ring (bicyclic) bond motifs is 1. The molecule has 1 aromatic heterocycles. The van der Waals surface area contributed by atoms with Crippen LogP contribution in [0.15, 0.2) is 30.6 Å². The lowest BCUT2D eigenvalue weighted by Crippen LogP contribution is -2.41. The van der Waals surface area contributed by atoms with Gasteiger partial charge in [-0.3, -0.25) is 4.79 Å². The zero-order valence-electron chi connectivity index (χ0n) is 13.8. The molecule has 7 heteroatoms. The third kappa shape index (κ3) is 3.91. The maximum atomic E-state index is 12.3. The Bertz CT molecular complexity index is 686. The van der Waals surface area contributed by atoms with Gasteiger partial charge < -0.3 is 19.4 Å². The van der Waals surface area contributed by atoms with Crippen LogP contribution in [0.3, 0.4) is 0 Å². The summed E-state index contributed by atoms with van der Waals surface area (Å²) < 4.78 is 12.8. The molecule has 128 valence electrons. The Morgan fingerprint density at radius 2 is 2.33 bits per heavy atom. The predicted molar refractivity (Wildman–Crippen MR) is 87.8 cm³/mol. The van der Waals surface area contributed by atoms with Crippen molar-refractivity contribution in [2.45, 2.75) is 31.9 Å². The molecule has 1 N–H and O–H groups in total. The van der Waals surface area contributed by atoms with Gasteiger partial charge in [-0.25, -0.2) is 0 Å². The molecule has 3 rings (SSSR count). The van der Waals surface area contributed by atoms with Crippen LogP contribution in [0.1, 0.15) is 17.8 Å². The van der Waals surface area contributed by atoms with Gasteiger partial charge in [0.15, 0.2) is 6.10 Å². The Hall–Kier alpha value is -2.41. The van der Waals surface area contributed by atoms with E-state index in [2.05, 4.69) is 15.5 Å². The van der Waals surface area contributed by atoms with Crippen molar-refractivity contribution in [2.24, 2.45) is 0 Å². The monoisotopic (exact) mass is 330 g/mol. The molecule has 0 radical (unpaired) electrons. The molecule has 0 fully saturated rings. The summed E-state index contributed by atoms with van der Waals surface area (Å²) in [5.41, 5.74) is 1.16. The summed E-state index contributed by atoms with van der Waals surface area (Å²) in [5, 5.41) is 10.9. The van der Waals surface area contributed by atoms with Gasteiger partial charge in [0.1, 0.15) is 17.9 Å². The molecule has 0 unspecified atom stereocenters. The predicted octanol–water partition coefficient (Wildman–Crippen LogP) is 0.977. The average Bonchev–Trinajstić information content (AvgIpc) is 3.06. The molecule has 7 nitrogen and oxygen atoms in total. The number of aryl methyl sites for hydroxylation is 1. The highest BCUT2D eigenvalue weighted by Gasteiger charge is 2.25. The Balaban J connectivity index is 1.47. The topological polar surface area (TPSA) is 78.3 Å². The molecule has 0 saturated carbocycles. The fourth-order valence-corrected chi connectivity index (χ4v) is 2.77. The van der Waals surface area contributed by atoms with Crippen LogP contribution in [0.5, 0.6) is 5.75 Å². The van der Waals surface area contributed by atoms with Gasteiger partial charge in [0.25, 0.3) is 5.91 Å². The SMILES string of the molecule is COCCn1cnnc1CCNC(=O)[C@H]1CCc2ccccc2O1. The van der Waals surface area contributed by atoms with Crippen molar-refractivity contribution in [2.75, 3.05) is 20.3 Å². The van der Waals surface area contributed by atoms with E-state index in [-0.39, 0.29) is 5.91 Å². The standard InChI is InChI=1S/C17H22N4O3/c1-23-11-10-21-12-19-20-16(21)8-9-18-17(22)15-7-6-13-4-2-3-5-14(13)24-15/h2-5,12,15H,6-11H2,1H3,(H,18,22)/t15-/m1/s1. The van der Waals surface area contributed by atoms with E-state index in [0.29, 0.717) is 32.5 Å². The Labute approximate surface area is 141 Å². The summed E-state index contributed by atoms with van der Waals surface area (Å²) >= 11 is 0. The van der Waals surface area contributed by atoms with Crippen molar-refractivity contribution in [3.63, 3.8) is 0 Å². The summed E-state index contributed by atoms with van der Waals surface area (Å²) in [4.78, 5) is 12.3. The highest BCUT2D eigenvalue weighted by molar-refractivity contribution is 5.81. The minimum Gasteiger partial charge on any atom is -0.480 e. The van der Waals surface area contributed by atoms with E-state index < -0.39 is 6.10 Å². The molecule has 1 aromatic carbocycles. The molecule has 2 heterocycles. The zero-order chi connectivity index (χ0) is 16.8. The first kappa shape index (κ1) is 16.4. The van der Waals surface area contributed by atoms with E-state index in [9.17, 15) is 4.79 Å². The largest absolute Gasteiger partial charge is 0.480 e. The second-order valence-corrected chi connectivity index (χ2v) is 5.73. The first-order chi connectivity index (χ1) is 11.8. The van der Waals surface area contributed by atoms with Gasteiger partial charge in [-0.2, -0.15) is 0 Å². The van der Waals surface area contributed by atoms with Crippen LogP contribution in [0.2, 0.25) is 0 Å². The van der Waals surface area contributed by atoms with E-state index in [1.807, 2.05) is 28.8 Å². The number of carbonyl (C=O) groups excluding carboxylic acids is 1. The number of aromatic nitrogens is 3. The van der Waals surface area contributed by atoms with Crippen LogP contribution in [0.4, 0.5) is 0 Å². The molecule has 24 heavy (non-hydrogen) atoms. The number of hydrogen-bond donors (Lipinski definition) is 1. The average molecular weight is 330 g/mol. The molecule has 2 aromatic rings. The fraction of sp³-hybridized carbons (Fsp3) is 0.471. The van der Waals surface area contributed by atoms with Crippen molar-refractivity contribution in [1.29, 1.82) is 0 Å². The van der Waals surface area contributed by atoms with Gasteiger partial charge in [-0.05, 0) is 24.5 Å². The molecule has 1 aliphatic rings. The third-order valence-corrected chi connectivity index (χ3v) is 4.09. The number of ether oxygens (including phenoxy) is 2. The lowest BCUT2D eigenvalue weighted by atomic mass is 10.0. The Kier molecular flexibility index (Phi) is 5.43. The zero-order valence-corrected chi connectivity index (χ0v) is 13.8. The number of benzene rings is 1. The van der Waals surface area contributed by atoms with Gasteiger partial charge in [0, 0.05) is 26.6 Å². The van der Waals surface area contributed by atoms with Crippen molar-refractivity contribution < 1.29 is 14.3 Å². The molecule has 1 aliphatic heterocycles. The van der Waals surface area contributed by atoms with Gasteiger partial charge in [0.2, 0.25) is 0 Å². The molecule has 1 amide bonds. The quantitative estimate of drug-likeness (QED) is 0.819. The summed E-state index contributed by atoms with van der Waals surface area (Å²) in [6.07, 6.45) is 3.44. The van der Waals surface area contributed by atoms with E-state index in [0.717, 1.165) is 23.6 Å². The maximum absolute atomic E-state index is 12.3. The molecule has 0 saturated heterocycles. The van der Waals surface area contributed by atoms with Crippen molar-refractivity contribution in [1.82, 2.24) is 20.1 Å². The second-order valence-electron chi connectivity index (χ2n) is 5.73. The van der Waals surface area contributed by atoms with E-state index >= 15 is 0 Å². The first-order valence-electron chi connectivity index (χ1n) is 8.16. The second kappa shape index (κ2) is 7.92. The lowest BCUT2D eigenvalue weighted by molar-refractivity contribution is -0.128. The van der Waals surface area contributed by atoms with Crippen LogP contribution in [-0.4, -0.2) is 47.0 Å². The third-order valence-electron chi connectivity index (χ3n) is 4.09. The fourth-order valence-electron chi connectivity index (χ4n) is 2.77. The van der Waals surface area contributed by atoms with E-state index in [1.165, 1.54) is 0 Å². The van der Waals surface area contributed by atoms with E-state index in [1.54, 1.807) is 13.4 Å². The molecule has 0 aliphatic carbocycles. The molecule has 0 spiro atoms. The summed E-state index contributed by atoms with van der Waals surface area (Å²) in [6.45, 7) is 1.81. The van der Waals surface area contributed by atoms with Gasteiger partial charge in [0.05, 0.1) is 6.61 Å². The summed E-state index contributed by atoms with van der Waals surface area (Å²) in [7, 11) is 1.66. The number of hydrogen-bond acceptors (Lipinski definition) is 5. The van der Waals surface area contributed by atoms with Crippen LogP contribution in [0.25, 0.3) is 0 Å². The van der Waals surface area contributed by atoms with Crippen molar-refractivity contribution in [3.8, 4) is 5.75 Å². The molecular weight excluding hydrogens is 308 g/mol. The summed E-state index contributed by atoms with van der Waals surface area (Å²) in [5.74, 6) is 1.57. The van der Waals surface area contributed by atoms with Crippen molar-refractivity contribution >= 4 is 5.91 Å². The summed E-state index contributed by atoms with van der Waals surface area (Å²) in [6, 6.07) is 7.86. The lowest BCUT2D eigenvalue weighted by Gasteiger charge is -2.25. The minimum absolute atomic E-state index is 0.0764. The van der Waals surface area contributed by atoms with Gasteiger partial charge >= 0.3 is 0 Å². The number of nitrogens with one attached hydrogen (secondary N) is 1. The number of methoxy groups -OCH3 is 1. The van der Waals surface area contributed by atoms with Crippen molar-refractivity contribution in [3.05, 3.63) is 42.0 Å². The minimum atomic E-state index is -0.425. The van der Waals surface area contributed by atoms with Crippen LogP contribution < -0.4 is 10.1 Å². The van der Waals surface area contributed by atoms with Crippen LogP contribution >= 0.6 is 0 Å². The number of nitrogens with zero attached hydrogens (tertiary/aromatic N) is 3. The van der Waals surface area contributed by atoms with Gasteiger partial charge in [-0.15, -0.1) is 10.2 Å². The Morgan fingerprint density at radius 3 is 3.21 bits per heavy atom. The van der Waals surface area contributed by atoms with Crippen LogP contribution in [0, 0.1) is 0 Å². The molecule has 1 atom stereocenters. The van der Waals surface area contributed by atoms with E-state index in [4.69, 9.17) is 9.47 Å². The highest BCUT2D eigenvalue weighted by Crippen LogP contribution is 2.26. The number of amides is 1. The highest BCUT2D eigenvalue weighted by atomic mass is 16.5. The molecular formula is C17H22N4O3. The number of para-hydroxylation sites is 1. The Morgan fingerprint density at radius 1 is 1.46 bits per heavy atom. The maximum Gasteiger partial charge on any atom is 0.261 e. The van der Waals surface area contributed by atoms with Crippen LogP contribution in [-0.2, 0) is 28.9 Å². The number of rotatable bonds is 7.